The zero-order valence-electron chi connectivity index (χ0n) is 29.4. The van der Waals surface area contributed by atoms with Crippen LogP contribution in [-0.4, -0.2) is 130 Å². The third-order valence-corrected chi connectivity index (χ3v) is 8.99. The van der Waals surface area contributed by atoms with Crippen molar-refractivity contribution in [3.8, 4) is 12.3 Å². The Morgan fingerprint density at radius 2 is 1.60 bits per heavy atom. The first-order chi connectivity index (χ1) is 25.0. The van der Waals surface area contributed by atoms with Crippen LogP contribution in [0.1, 0.15) is 44.8 Å². The molecule has 2 unspecified atom stereocenters. The Balaban J connectivity index is 1.52. The van der Waals surface area contributed by atoms with Crippen LogP contribution in [-0.2, 0) is 60.4 Å². The molecule has 1 fully saturated rings. The second-order valence-electron chi connectivity index (χ2n) is 11.0. The van der Waals surface area contributed by atoms with E-state index in [0.717, 1.165) is 24.5 Å². The van der Waals surface area contributed by atoms with Gasteiger partial charge in [-0.1, -0.05) is 18.8 Å². The minimum atomic E-state index is -4.88. The molecule has 1 aliphatic rings. The molecule has 0 aromatic carbocycles. The van der Waals surface area contributed by atoms with Crippen LogP contribution in [0.5, 0.6) is 0 Å². The van der Waals surface area contributed by atoms with Gasteiger partial charge in [0, 0.05) is 32.7 Å². The monoisotopic (exact) mass is 786 g/mol. The van der Waals surface area contributed by atoms with Crippen LogP contribution in [0.3, 0.4) is 0 Å². The topological polar surface area (TPSA) is 257 Å². The van der Waals surface area contributed by atoms with Crippen LogP contribution in [0, 0.1) is 12.3 Å². The number of carbonyl (C=O) groups excluding carboxylic acids is 1. The maximum absolute atomic E-state index is 13.2. The van der Waals surface area contributed by atoms with E-state index in [4.69, 9.17) is 63.9 Å². The number of terminal acetylenes is 1. The lowest BCUT2D eigenvalue weighted by Crippen LogP contribution is -2.29. The number of nitrogens with zero attached hydrogens (tertiary/aromatic N) is 2. The second-order valence-corrected chi connectivity index (χ2v) is 14.0. The van der Waals surface area contributed by atoms with E-state index >= 15 is 0 Å². The van der Waals surface area contributed by atoms with Gasteiger partial charge in [0.25, 0.3) is 0 Å². The summed E-state index contributed by atoms with van der Waals surface area (Å²) in [4.78, 5) is 46.2. The fraction of sp³-hybridized carbons (Fsp3) is 0.767. The Hall–Kier alpha value is -2.31. The highest BCUT2D eigenvalue weighted by molar-refractivity contribution is 7.48. The van der Waals surface area contributed by atoms with E-state index in [1.54, 1.807) is 0 Å². The van der Waals surface area contributed by atoms with Gasteiger partial charge in [-0.2, -0.15) is 4.98 Å². The van der Waals surface area contributed by atoms with Crippen molar-refractivity contribution in [2.24, 2.45) is 0 Å². The fourth-order valence-corrected chi connectivity index (χ4v) is 5.99. The molecule has 1 aliphatic heterocycles. The minimum absolute atomic E-state index is 0.00679. The normalized spacial score (nSPS) is 18.6. The molecular formula is C30H52N4O16P2. The van der Waals surface area contributed by atoms with Crippen molar-refractivity contribution >= 4 is 27.4 Å². The van der Waals surface area contributed by atoms with Crippen LogP contribution >= 0.6 is 15.6 Å². The molecule has 1 amide bonds. The first-order valence-electron chi connectivity index (χ1n) is 16.7. The lowest BCUT2D eigenvalue weighted by molar-refractivity contribution is -0.122. The van der Waals surface area contributed by atoms with Gasteiger partial charge in [0.1, 0.15) is 30.9 Å². The molecule has 0 spiro atoms. The SMILES string of the molecule is C#CCOCCOCCOCCOCCOCCC(=O)NCCCCCCOP(=O)(OC)O[C@@H]1C[C@H](n2ccc(N)nc2=O)OC1COP(=O)(O)O. The molecule has 0 saturated carbocycles. The molecule has 2 rings (SSSR count). The number of hydrogen-bond donors (Lipinski definition) is 4. The summed E-state index contributed by atoms with van der Waals surface area (Å²) in [5.41, 5.74) is 4.81. The number of anilines is 1. The lowest BCUT2D eigenvalue weighted by Gasteiger charge is -2.23. The number of aromatic nitrogens is 2. The summed E-state index contributed by atoms with van der Waals surface area (Å²) >= 11 is 0. The molecule has 298 valence electrons. The van der Waals surface area contributed by atoms with Crippen molar-refractivity contribution in [3.63, 3.8) is 0 Å². The number of nitrogens with two attached hydrogens (primary N) is 1. The van der Waals surface area contributed by atoms with E-state index in [-0.39, 0.29) is 44.4 Å². The molecule has 20 nitrogen and oxygen atoms in total. The molecular weight excluding hydrogens is 734 g/mol. The molecule has 0 bridgehead atoms. The van der Waals surface area contributed by atoms with Gasteiger partial charge in [0.2, 0.25) is 5.91 Å². The first-order valence-corrected chi connectivity index (χ1v) is 19.7. The molecule has 1 saturated heterocycles. The van der Waals surface area contributed by atoms with Crippen molar-refractivity contribution in [3.05, 3.63) is 22.7 Å². The number of amides is 1. The number of phosphoric ester groups is 2. The summed E-state index contributed by atoms with van der Waals surface area (Å²) in [6, 6.07) is 1.37. The number of unbranched alkanes of at least 4 members (excludes halogenated alkanes) is 3. The summed E-state index contributed by atoms with van der Waals surface area (Å²) in [7, 11) is -7.89. The number of rotatable bonds is 31. The quantitative estimate of drug-likeness (QED) is 0.0468. The Kier molecular flexibility index (Phi) is 23.3. The summed E-state index contributed by atoms with van der Waals surface area (Å²) in [5.74, 6) is 2.24. The summed E-state index contributed by atoms with van der Waals surface area (Å²) in [5, 5.41) is 2.84. The predicted octanol–water partition coefficient (Wildman–Crippen LogP) is 1.16. The highest BCUT2D eigenvalue weighted by Crippen LogP contribution is 2.53. The standard InChI is InChI=1S/C30H52N4O16P2/c1-3-12-42-15-17-44-19-21-46-22-20-45-18-16-43-14-9-28(35)32-10-6-4-5-7-13-47-52(40,41-2)50-25-23-29(34-11-8-27(31)33-30(34)36)49-26(25)24-48-51(37,38)39/h1,8,11,25-26,29H,4-7,9-10,12-24H2,2H3,(H,32,35)(H2,31,33,36)(H2,37,38,39)/t25-,26?,29-,52?/m1/s1. The summed E-state index contributed by atoms with van der Waals surface area (Å²) in [6.07, 6.45) is 6.04. The first kappa shape index (κ1) is 45.8. The van der Waals surface area contributed by atoms with Gasteiger partial charge in [0.05, 0.1) is 72.7 Å². The number of carbonyl (C=O) groups is 1. The zero-order valence-corrected chi connectivity index (χ0v) is 31.2. The van der Waals surface area contributed by atoms with Crippen molar-refractivity contribution in [1.29, 1.82) is 0 Å². The van der Waals surface area contributed by atoms with Gasteiger partial charge in [0.15, 0.2) is 0 Å². The third-order valence-electron chi connectivity index (χ3n) is 7.03. The predicted molar refractivity (Wildman–Crippen MR) is 184 cm³/mol. The van der Waals surface area contributed by atoms with Crippen LogP contribution in [0.2, 0.25) is 0 Å². The zero-order chi connectivity index (χ0) is 38.1. The van der Waals surface area contributed by atoms with E-state index in [1.165, 1.54) is 12.3 Å². The second kappa shape index (κ2) is 26.5. The molecule has 5 N–H and O–H groups in total. The average molecular weight is 787 g/mol. The fourth-order valence-electron chi connectivity index (χ4n) is 4.49. The largest absolute Gasteiger partial charge is 0.474 e. The van der Waals surface area contributed by atoms with Crippen molar-refractivity contribution in [2.75, 3.05) is 98.7 Å². The number of phosphoric acid groups is 2. The molecule has 52 heavy (non-hydrogen) atoms. The van der Waals surface area contributed by atoms with Crippen molar-refractivity contribution in [1.82, 2.24) is 14.9 Å². The van der Waals surface area contributed by atoms with E-state index in [1.807, 2.05) is 0 Å². The Labute approximate surface area is 303 Å². The molecule has 2 heterocycles. The van der Waals surface area contributed by atoms with Gasteiger partial charge in [-0.05, 0) is 18.9 Å². The van der Waals surface area contributed by atoms with Gasteiger partial charge in [-0.3, -0.25) is 27.5 Å². The van der Waals surface area contributed by atoms with Gasteiger partial charge in [-0.25, -0.2) is 13.9 Å². The van der Waals surface area contributed by atoms with E-state index in [9.17, 15) is 18.7 Å². The van der Waals surface area contributed by atoms with Crippen LogP contribution in [0.4, 0.5) is 5.82 Å². The van der Waals surface area contributed by atoms with Crippen LogP contribution < -0.4 is 16.7 Å². The van der Waals surface area contributed by atoms with Gasteiger partial charge < -0.3 is 49.3 Å². The minimum Gasteiger partial charge on any atom is -0.383 e. The molecule has 22 heteroatoms. The van der Waals surface area contributed by atoms with Crippen LogP contribution in [0.25, 0.3) is 0 Å². The number of ether oxygens (including phenoxy) is 6. The van der Waals surface area contributed by atoms with E-state index in [2.05, 4.69) is 20.7 Å². The van der Waals surface area contributed by atoms with Gasteiger partial charge in [-0.15, -0.1) is 6.42 Å². The third kappa shape index (κ3) is 20.8. The molecule has 0 aliphatic carbocycles. The Bertz CT molecular complexity index is 1340. The number of nitrogen functional groups attached to an aromatic ring is 1. The summed E-state index contributed by atoms with van der Waals surface area (Å²) < 4.78 is 78.6. The lowest BCUT2D eigenvalue weighted by atomic mass is 10.2. The van der Waals surface area contributed by atoms with Crippen molar-refractivity contribution < 1.29 is 70.2 Å². The smallest absolute Gasteiger partial charge is 0.383 e. The van der Waals surface area contributed by atoms with E-state index in [0.29, 0.717) is 72.2 Å². The molecule has 0 radical (unpaired) electrons. The highest BCUT2D eigenvalue weighted by Gasteiger charge is 2.43. The molecule has 1 aromatic rings. The average Bonchev–Trinajstić information content (AvgIpc) is 3.49. The Morgan fingerprint density at radius 3 is 2.19 bits per heavy atom. The molecule has 4 atom stereocenters. The Morgan fingerprint density at radius 1 is 0.981 bits per heavy atom. The van der Waals surface area contributed by atoms with Gasteiger partial charge >= 0.3 is 21.3 Å². The highest BCUT2D eigenvalue weighted by atomic mass is 31.2. The van der Waals surface area contributed by atoms with E-state index < -0.39 is 46.4 Å². The molecule has 1 aromatic heterocycles. The maximum Gasteiger partial charge on any atom is 0.474 e. The van der Waals surface area contributed by atoms with Crippen LogP contribution in [0.15, 0.2) is 17.1 Å². The summed E-state index contributed by atoms with van der Waals surface area (Å²) in [6.45, 7) is 3.84. The number of nitrogens with one attached hydrogen (secondary N) is 1. The maximum atomic E-state index is 13.2. The number of hydrogen-bond acceptors (Lipinski definition) is 16. The van der Waals surface area contributed by atoms with Crippen molar-refractivity contribution in [2.45, 2.75) is 57.0 Å².